The van der Waals surface area contributed by atoms with E-state index < -0.39 is 17.6 Å². The highest BCUT2D eigenvalue weighted by molar-refractivity contribution is 6.04. The molecule has 1 aromatic carbocycles. The number of carbonyl (C=O) groups excluding carboxylic acids is 1. The first-order valence-corrected chi connectivity index (χ1v) is 6.87. The van der Waals surface area contributed by atoms with Crippen LogP contribution in [0.5, 0.6) is 0 Å². The summed E-state index contributed by atoms with van der Waals surface area (Å²) in [5.74, 6) is -0.664. The fourth-order valence-electron chi connectivity index (χ4n) is 2.13. The van der Waals surface area contributed by atoms with E-state index in [2.05, 4.69) is 15.5 Å². The molecule has 0 saturated heterocycles. The lowest BCUT2D eigenvalue weighted by atomic mass is 10.1. The summed E-state index contributed by atoms with van der Waals surface area (Å²) in [7, 11) is 0. The van der Waals surface area contributed by atoms with Gasteiger partial charge in [0.05, 0.1) is 23.6 Å². The predicted molar refractivity (Wildman–Crippen MR) is 80.8 cm³/mol. The van der Waals surface area contributed by atoms with Crippen LogP contribution in [0.15, 0.2) is 61.2 Å². The van der Waals surface area contributed by atoms with Gasteiger partial charge >= 0.3 is 6.18 Å². The Kier molecular flexibility index (Phi) is 4.03. The van der Waals surface area contributed by atoms with Crippen molar-refractivity contribution in [2.24, 2.45) is 0 Å². The van der Waals surface area contributed by atoms with Crippen LogP contribution < -0.4 is 5.32 Å². The highest BCUT2D eigenvalue weighted by atomic mass is 19.4. The van der Waals surface area contributed by atoms with E-state index in [0.29, 0.717) is 5.69 Å². The molecule has 0 aliphatic heterocycles. The molecule has 0 spiro atoms. The molecule has 0 aliphatic rings. The number of rotatable bonds is 3. The molecule has 0 atom stereocenters. The van der Waals surface area contributed by atoms with Crippen LogP contribution in [0.25, 0.3) is 5.69 Å². The van der Waals surface area contributed by atoms with Gasteiger partial charge in [0.15, 0.2) is 0 Å². The molecule has 0 radical (unpaired) electrons. The standard InChI is InChI=1S/C16H11F3N4O/c17-16(18,19)12-7-11(8-14(9-12)23-5-1-2-6-23)15(24)22-13-3-4-20-21-10-13/h1-10H,(H,20,22,24). The van der Waals surface area contributed by atoms with Gasteiger partial charge in [-0.1, -0.05) is 0 Å². The van der Waals surface area contributed by atoms with E-state index in [-0.39, 0.29) is 11.3 Å². The van der Waals surface area contributed by atoms with E-state index in [1.807, 2.05) is 0 Å². The van der Waals surface area contributed by atoms with Gasteiger partial charge in [0.2, 0.25) is 0 Å². The molecule has 5 nitrogen and oxygen atoms in total. The third-order valence-corrected chi connectivity index (χ3v) is 3.25. The molecule has 0 bridgehead atoms. The molecule has 0 aliphatic carbocycles. The highest BCUT2D eigenvalue weighted by Gasteiger charge is 2.32. The molecule has 0 fully saturated rings. The van der Waals surface area contributed by atoms with E-state index in [0.717, 1.165) is 12.1 Å². The Labute approximate surface area is 134 Å². The molecule has 1 N–H and O–H groups in total. The number of nitrogens with zero attached hydrogens (tertiary/aromatic N) is 3. The molecule has 1 amide bonds. The zero-order valence-electron chi connectivity index (χ0n) is 12.2. The Bertz CT molecular complexity index is 846. The van der Waals surface area contributed by atoms with Crippen LogP contribution in [-0.4, -0.2) is 20.7 Å². The van der Waals surface area contributed by atoms with Crippen LogP contribution >= 0.6 is 0 Å². The lowest BCUT2D eigenvalue weighted by molar-refractivity contribution is -0.137. The summed E-state index contributed by atoms with van der Waals surface area (Å²) in [5, 5.41) is 9.66. The minimum absolute atomic E-state index is 0.106. The van der Waals surface area contributed by atoms with Gasteiger partial charge in [0, 0.05) is 23.6 Å². The first kappa shape index (κ1) is 15.7. The van der Waals surface area contributed by atoms with Crippen molar-refractivity contribution >= 4 is 11.6 Å². The van der Waals surface area contributed by atoms with E-state index in [9.17, 15) is 18.0 Å². The quantitative estimate of drug-likeness (QED) is 0.798. The van der Waals surface area contributed by atoms with Crippen molar-refractivity contribution in [3.63, 3.8) is 0 Å². The van der Waals surface area contributed by atoms with Crippen molar-refractivity contribution in [2.45, 2.75) is 6.18 Å². The number of nitrogens with one attached hydrogen (secondary N) is 1. The number of amides is 1. The van der Waals surface area contributed by atoms with E-state index in [1.165, 1.54) is 29.1 Å². The van der Waals surface area contributed by atoms with Crippen molar-refractivity contribution in [3.8, 4) is 5.69 Å². The van der Waals surface area contributed by atoms with Crippen LogP contribution in [0.2, 0.25) is 0 Å². The maximum atomic E-state index is 13.1. The summed E-state index contributed by atoms with van der Waals surface area (Å²) in [6.45, 7) is 0. The zero-order chi connectivity index (χ0) is 17.2. The summed E-state index contributed by atoms with van der Waals surface area (Å²) >= 11 is 0. The summed E-state index contributed by atoms with van der Waals surface area (Å²) in [6.07, 6.45) is 1.32. The maximum Gasteiger partial charge on any atom is 0.416 e. The van der Waals surface area contributed by atoms with Crippen molar-refractivity contribution < 1.29 is 18.0 Å². The van der Waals surface area contributed by atoms with E-state index in [4.69, 9.17) is 0 Å². The number of aromatic nitrogens is 3. The number of hydrogen-bond donors (Lipinski definition) is 1. The van der Waals surface area contributed by atoms with Crippen molar-refractivity contribution in [2.75, 3.05) is 5.32 Å². The molecule has 122 valence electrons. The minimum Gasteiger partial charge on any atom is -0.324 e. The Morgan fingerprint density at radius 1 is 1.08 bits per heavy atom. The summed E-state index contributed by atoms with van der Waals surface area (Å²) in [5.41, 5.74) is -0.417. The molecule has 0 saturated carbocycles. The van der Waals surface area contributed by atoms with Crippen LogP contribution in [0.3, 0.4) is 0 Å². The van der Waals surface area contributed by atoms with Gasteiger partial charge in [-0.2, -0.15) is 23.4 Å². The Morgan fingerprint density at radius 2 is 1.83 bits per heavy atom. The van der Waals surface area contributed by atoms with Gasteiger partial charge < -0.3 is 9.88 Å². The molecule has 24 heavy (non-hydrogen) atoms. The average Bonchev–Trinajstić information content (AvgIpc) is 3.09. The Balaban J connectivity index is 2.00. The van der Waals surface area contributed by atoms with Gasteiger partial charge in [-0.05, 0) is 36.4 Å². The first-order valence-electron chi connectivity index (χ1n) is 6.87. The highest BCUT2D eigenvalue weighted by Crippen LogP contribution is 2.31. The van der Waals surface area contributed by atoms with Gasteiger partial charge in [0.1, 0.15) is 0 Å². The van der Waals surface area contributed by atoms with Gasteiger partial charge in [-0.3, -0.25) is 4.79 Å². The molecule has 3 rings (SSSR count). The lowest BCUT2D eigenvalue weighted by Crippen LogP contribution is -2.15. The summed E-state index contributed by atoms with van der Waals surface area (Å²) in [4.78, 5) is 12.3. The number of hydrogen-bond acceptors (Lipinski definition) is 3. The molecule has 0 unspecified atom stereocenters. The molecule has 3 aromatic rings. The number of carbonyl (C=O) groups is 1. The minimum atomic E-state index is -4.56. The average molecular weight is 332 g/mol. The summed E-state index contributed by atoms with van der Waals surface area (Å²) in [6, 6.07) is 8.05. The lowest BCUT2D eigenvalue weighted by Gasteiger charge is -2.13. The molecular formula is C16H11F3N4O. The molecule has 2 aromatic heterocycles. The van der Waals surface area contributed by atoms with Crippen LogP contribution in [0, 0.1) is 0 Å². The van der Waals surface area contributed by atoms with Crippen molar-refractivity contribution in [1.82, 2.24) is 14.8 Å². The Morgan fingerprint density at radius 3 is 2.46 bits per heavy atom. The molecular weight excluding hydrogens is 321 g/mol. The predicted octanol–water partition coefficient (Wildman–Crippen LogP) is 3.54. The largest absolute Gasteiger partial charge is 0.416 e. The van der Waals surface area contributed by atoms with E-state index in [1.54, 1.807) is 24.5 Å². The molecule has 2 heterocycles. The van der Waals surface area contributed by atoms with Gasteiger partial charge in [-0.15, -0.1) is 0 Å². The van der Waals surface area contributed by atoms with Gasteiger partial charge in [-0.25, -0.2) is 0 Å². The zero-order valence-corrected chi connectivity index (χ0v) is 12.2. The number of benzene rings is 1. The second-order valence-corrected chi connectivity index (χ2v) is 4.94. The van der Waals surface area contributed by atoms with Crippen molar-refractivity contribution in [3.05, 3.63) is 72.3 Å². The smallest absolute Gasteiger partial charge is 0.324 e. The second-order valence-electron chi connectivity index (χ2n) is 4.94. The van der Waals surface area contributed by atoms with Crippen LogP contribution in [0.1, 0.15) is 15.9 Å². The monoisotopic (exact) mass is 332 g/mol. The summed E-state index contributed by atoms with van der Waals surface area (Å²) < 4.78 is 40.9. The first-order chi connectivity index (χ1) is 11.4. The number of halogens is 3. The maximum absolute atomic E-state index is 13.1. The third-order valence-electron chi connectivity index (χ3n) is 3.25. The Hall–Kier alpha value is -3.16. The SMILES string of the molecule is O=C(Nc1ccnnc1)c1cc(-n2cccc2)cc(C(F)(F)F)c1. The molecule has 8 heteroatoms. The number of anilines is 1. The number of alkyl halides is 3. The normalized spacial score (nSPS) is 11.3. The fourth-order valence-corrected chi connectivity index (χ4v) is 2.13. The topological polar surface area (TPSA) is 59.8 Å². The van der Waals surface area contributed by atoms with Gasteiger partial charge in [0.25, 0.3) is 5.91 Å². The van der Waals surface area contributed by atoms with Crippen LogP contribution in [0.4, 0.5) is 18.9 Å². The van der Waals surface area contributed by atoms with Crippen LogP contribution in [-0.2, 0) is 6.18 Å². The van der Waals surface area contributed by atoms with E-state index >= 15 is 0 Å². The fraction of sp³-hybridized carbons (Fsp3) is 0.0625. The van der Waals surface area contributed by atoms with Crippen molar-refractivity contribution in [1.29, 1.82) is 0 Å². The third kappa shape index (κ3) is 3.43. The second kappa shape index (κ2) is 6.15.